The number of aliphatic carboxylic acids is 2. The third kappa shape index (κ3) is 11.8. The largest absolute Gasteiger partial charge is 0.480 e. The monoisotopic (exact) mass is 379 g/mol. The van der Waals surface area contributed by atoms with E-state index in [4.69, 9.17) is 15.9 Å². The van der Waals surface area contributed by atoms with Crippen LogP contribution < -0.4 is 16.4 Å². The molecular weight excluding hydrogens is 358 g/mol. The summed E-state index contributed by atoms with van der Waals surface area (Å²) in [6, 6.07) is -2.28. The molecule has 0 aromatic carbocycles. The van der Waals surface area contributed by atoms with Gasteiger partial charge in [0.2, 0.25) is 11.8 Å². The molecule has 2 unspecified atom stereocenters. The fourth-order valence-electron chi connectivity index (χ4n) is 1.44. The first kappa shape index (κ1) is 22.7. The number of rotatable bonds is 12. The Morgan fingerprint density at radius 3 is 2.36 bits per heavy atom. The van der Waals surface area contributed by atoms with E-state index < -0.39 is 48.4 Å². The number of hydrogen-bond acceptors (Lipinski definition) is 8. The lowest BCUT2D eigenvalue weighted by atomic mass is 10.1. The van der Waals surface area contributed by atoms with Crippen LogP contribution in [0, 0.1) is 0 Å². The third-order valence-corrected chi connectivity index (χ3v) is 3.55. The van der Waals surface area contributed by atoms with Crippen molar-refractivity contribution in [3.05, 3.63) is 0 Å². The Morgan fingerprint density at radius 1 is 1.20 bits per heavy atom. The summed E-state index contributed by atoms with van der Waals surface area (Å²) in [5.74, 6) is -4.37. The maximum absolute atomic E-state index is 11.9. The molecule has 0 saturated carbocycles. The number of thioether (sulfide) groups is 1. The maximum atomic E-state index is 11.9. The van der Waals surface area contributed by atoms with Gasteiger partial charge in [-0.3, -0.25) is 24.0 Å². The highest BCUT2D eigenvalue weighted by Gasteiger charge is 2.22. The molecule has 0 heterocycles. The van der Waals surface area contributed by atoms with Crippen molar-refractivity contribution in [3.8, 4) is 0 Å². The molecule has 0 spiro atoms. The lowest BCUT2D eigenvalue weighted by Gasteiger charge is -2.18. The highest BCUT2D eigenvalue weighted by Crippen LogP contribution is 2.05. The first-order valence-corrected chi connectivity index (χ1v) is 8.27. The van der Waals surface area contributed by atoms with Crippen LogP contribution in [0.2, 0.25) is 0 Å². The van der Waals surface area contributed by atoms with Crippen LogP contribution in [0.15, 0.2) is 0 Å². The quantitative estimate of drug-likeness (QED) is 0.146. The van der Waals surface area contributed by atoms with Gasteiger partial charge in [-0.15, -0.1) is 11.8 Å². The van der Waals surface area contributed by atoms with Crippen LogP contribution >= 0.6 is 11.8 Å². The van der Waals surface area contributed by atoms with Gasteiger partial charge < -0.3 is 31.3 Å². The molecule has 0 aliphatic heterocycles. The van der Waals surface area contributed by atoms with Gasteiger partial charge in [-0.2, -0.15) is 0 Å². The molecule has 0 bridgehead atoms. The van der Waals surface area contributed by atoms with Crippen molar-refractivity contribution < 1.29 is 38.9 Å². The molecule has 25 heavy (non-hydrogen) atoms. The van der Waals surface area contributed by atoms with Crippen LogP contribution in [0.25, 0.3) is 0 Å². The second kappa shape index (κ2) is 12.1. The number of esters is 1. The lowest BCUT2D eigenvalue weighted by Crippen LogP contribution is -2.49. The van der Waals surface area contributed by atoms with Crippen molar-refractivity contribution in [2.75, 3.05) is 18.2 Å². The molecule has 6 N–H and O–H groups in total. The molecule has 0 aliphatic rings. The lowest BCUT2D eigenvalue weighted by molar-refractivity contribution is -0.139. The van der Waals surface area contributed by atoms with Gasteiger partial charge in [0, 0.05) is 19.1 Å². The van der Waals surface area contributed by atoms with Gasteiger partial charge in [-0.05, 0) is 6.42 Å². The minimum atomic E-state index is -1.25. The van der Waals surface area contributed by atoms with E-state index >= 15 is 0 Å². The molecule has 0 radical (unpaired) electrons. The summed E-state index contributed by atoms with van der Waals surface area (Å²) in [5.41, 5.74) is 5.29. The van der Waals surface area contributed by atoms with E-state index in [0.717, 1.165) is 11.8 Å². The molecule has 0 aliphatic carbocycles. The van der Waals surface area contributed by atoms with Crippen molar-refractivity contribution in [3.63, 3.8) is 0 Å². The summed E-state index contributed by atoms with van der Waals surface area (Å²) in [4.78, 5) is 55.5. The van der Waals surface area contributed by atoms with Crippen LogP contribution in [0.4, 0.5) is 0 Å². The minimum Gasteiger partial charge on any atom is -0.480 e. The average Bonchev–Trinajstić information content (AvgIpc) is 2.52. The maximum Gasteiger partial charge on any atom is 0.322 e. The van der Waals surface area contributed by atoms with Gasteiger partial charge in [0.1, 0.15) is 24.6 Å². The second-order valence-corrected chi connectivity index (χ2v) is 5.82. The zero-order valence-corrected chi connectivity index (χ0v) is 14.3. The zero-order valence-electron chi connectivity index (χ0n) is 13.5. The Balaban J connectivity index is 4.55. The minimum absolute atomic E-state index is 0.0233. The smallest absolute Gasteiger partial charge is 0.322 e. The van der Waals surface area contributed by atoms with Crippen molar-refractivity contribution in [1.82, 2.24) is 10.6 Å². The zero-order chi connectivity index (χ0) is 19.4. The standard InChI is InChI=1S/C13H21N3O8S/c1-7(17)24-6-25-5-9(12(21)15-4-11(19)20)16-10(18)3-2-8(14)13(22)23/h8-9H,2-6,14H2,1H3,(H,15,21)(H,16,18)(H,19,20)(H,22,23). The van der Waals surface area contributed by atoms with Gasteiger partial charge in [0.05, 0.1) is 0 Å². The molecule has 12 heteroatoms. The molecule has 2 atom stereocenters. The summed E-state index contributed by atoms with van der Waals surface area (Å²) in [6.45, 7) is 0.592. The Morgan fingerprint density at radius 2 is 1.84 bits per heavy atom. The first-order chi connectivity index (χ1) is 11.6. The molecule has 2 amide bonds. The summed E-state index contributed by atoms with van der Waals surface area (Å²) < 4.78 is 4.68. The van der Waals surface area contributed by atoms with Gasteiger partial charge >= 0.3 is 17.9 Å². The first-order valence-electron chi connectivity index (χ1n) is 7.11. The van der Waals surface area contributed by atoms with E-state index in [2.05, 4.69) is 15.4 Å². The van der Waals surface area contributed by atoms with E-state index in [0.29, 0.717) is 0 Å². The normalized spacial score (nSPS) is 12.6. The van der Waals surface area contributed by atoms with Gasteiger partial charge in [0.15, 0.2) is 0 Å². The van der Waals surface area contributed by atoms with Gasteiger partial charge in [0.25, 0.3) is 0 Å². The molecular formula is C13H21N3O8S. The highest BCUT2D eigenvalue weighted by molar-refractivity contribution is 7.99. The Hall–Kier alpha value is -2.34. The van der Waals surface area contributed by atoms with E-state index in [1.54, 1.807) is 0 Å². The molecule has 0 aromatic heterocycles. The summed E-state index contributed by atoms with van der Waals surface area (Å²) in [6.07, 6.45) is -0.337. The number of hydrogen-bond donors (Lipinski definition) is 5. The van der Waals surface area contributed by atoms with Crippen LogP contribution in [0.3, 0.4) is 0 Å². The fourth-order valence-corrected chi connectivity index (χ4v) is 2.25. The van der Waals surface area contributed by atoms with Crippen molar-refractivity contribution in [2.45, 2.75) is 31.8 Å². The number of carbonyl (C=O) groups is 5. The van der Waals surface area contributed by atoms with E-state index in [9.17, 15) is 24.0 Å². The second-order valence-electron chi connectivity index (χ2n) is 4.84. The van der Waals surface area contributed by atoms with Gasteiger partial charge in [-0.25, -0.2) is 0 Å². The predicted octanol–water partition coefficient (Wildman–Crippen LogP) is -1.88. The fraction of sp³-hybridized carbons (Fsp3) is 0.615. The molecule has 0 aromatic rings. The van der Waals surface area contributed by atoms with Crippen LogP contribution in [0.1, 0.15) is 19.8 Å². The summed E-state index contributed by atoms with van der Waals surface area (Å²) >= 11 is 1.04. The average molecular weight is 379 g/mol. The van der Waals surface area contributed by atoms with Crippen molar-refractivity contribution in [1.29, 1.82) is 0 Å². The Bertz CT molecular complexity index is 514. The number of nitrogens with one attached hydrogen (secondary N) is 2. The van der Waals surface area contributed by atoms with Crippen LogP contribution in [-0.4, -0.2) is 70.3 Å². The van der Waals surface area contributed by atoms with E-state index in [1.807, 2.05) is 0 Å². The number of amides is 2. The van der Waals surface area contributed by atoms with Crippen LogP contribution in [-0.2, 0) is 28.7 Å². The number of carbonyl (C=O) groups excluding carboxylic acids is 3. The SMILES string of the molecule is CC(=O)OCSCC(NC(=O)CCC(N)C(=O)O)C(=O)NCC(=O)O. The predicted molar refractivity (Wildman–Crippen MR) is 86.5 cm³/mol. The Labute approximate surface area is 147 Å². The number of ether oxygens (including phenoxy) is 1. The number of nitrogens with two attached hydrogens (primary N) is 1. The number of carboxylic acids is 2. The summed E-state index contributed by atoms with van der Waals surface area (Å²) in [5, 5.41) is 21.7. The Kier molecular flexibility index (Phi) is 11.0. The highest BCUT2D eigenvalue weighted by atomic mass is 32.2. The molecule has 11 nitrogen and oxygen atoms in total. The molecule has 0 rings (SSSR count). The topological polar surface area (TPSA) is 185 Å². The van der Waals surface area contributed by atoms with Crippen molar-refractivity contribution in [2.24, 2.45) is 5.73 Å². The summed E-state index contributed by atoms with van der Waals surface area (Å²) in [7, 11) is 0. The molecule has 0 fully saturated rings. The molecule has 0 saturated heterocycles. The van der Waals surface area contributed by atoms with E-state index in [-0.39, 0.29) is 24.5 Å². The van der Waals surface area contributed by atoms with Crippen molar-refractivity contribution >= 4 is 41.5 Å². The van der Waals surface area contributed by atoms with Gasteiger partial charge in [-0.1, -0.05) is 0 Å². The van der Waals surface area contributed by atoms with E-state index in [1.165, 1.54) is 6.92 Å². The third-order valence-electron chi connectivity index (χ3n) is 2.70. The molecule has 142 valence electrons. The number of carboxylic acid groups (broad SMARTS) is 2. The van der Waals surface area contributed by atoms with Crippen LogP contribution in [0.5, 0.6) is 0 Å².